The van der Waals surface area contributed by atoms with Crippen LogP contribution in [0.5, 0.6) is 0 Å². The highest BCUT2D eigenvalue weighted by Crippen LogP contribution is 2.07. The molecule has 1 aromatic rings. The molecule has 0 spiro atoms. The summed E-state index contributed by atoms with van der Waals surface area (Å²) >= 11 is 6.07. The van der Waals surface area contributed by atoms with E-state index in [0.29, 0.717) is 19.8 Å². The molecule has 1 amide bonds. The Labute approximate surface area is 125 Å². The van der Waals surface area contributed by atoms with Crippen LogP contribution in [0.3, 0.4) is 0 Å². The number of nitrogens with one attached hydrogen (secondary N) is 1. The molecule has 0 radical (unpaired) electrons. The van der Waals surface area contributed by atoms with Crippen LogP contribution in [0.25, 0.3) is 0 Å². The minimum Gasteiger partial charge on any atom is -0.444 e. The maximum absolute atomic E-state index is 11.4. The largest absolute Gasteiger partial charge is 0.444 e. The smallest absolute Gasteiger partial charge is 0.407 e. The van der Waals surface area contributed by atoms with E-state index in [4.69, 9.17) is 21.1 Å². The van der Waals surface area contributed by atoms with E-state index in [2.05, 4.69) is 5.32 Å². The van der Waals surface area contributed by atoms with E-state index in [9.17, 15) is 4.79 Å². The van der Waals surface area contributed by atoms with Gasteiger partial charge in [0, 0.05) is 6.54 Å². The predicted molar refractivity (Wildman–Crippen MR) is 80.0 cm³/mol. The predicted octanol–water partition coefficient (Wildman–Crippen LogP) is 3.34. The van der Waals surface area contributed by atoms with Crippen LogP contribution >= 0.6 is 11.6 Å². The van der Waals surface area contributed by atoms with Gasteiger partial charge in [0.25, 0.3) is 0 Å². The fourth-order valence-electron chi connectivity index (χ4n) is 1.45. The second-order valence-electron chi connectivity index (χ2n) is 5.48. The zero-order chi connectivity index (χ0) is 15.0. The zero-order valence-electron chi connectivity index (χ0n) is 12.2. The normalized spacial score (nSPS) is 12.8. The van der Waals surface area contributed by atoms with Crippen LogP contribution in [0.2, 0.25) is 0 Å². The van der Waals surface area contributed by atoms with Crippen molar-refractivity contribution in [1.82, 2.24) is 5.32 Å². The van der Waals surface area contributed by atoms with Gasteiger partial charge in [0.2, 0.25) is 0 Å². The maximum Gasteiger partial charge on any atom is 0.407 e. The molecule has 5 heteroatoms. The van der Waals surface area contributed by atoms with Crippen LogP contribution in [0, 0.1) is 0 Å². The van der Waals surface area contributed by atoms with Crippen molar-refractivity contribution < 1.29 is 14.3 Å². The van der Waals surface area contributed by atoms with Crippen molar-refractivity contribution in [2.45, 2.75) is 38.4 Å². The second kappa shape index (κ2) is 8.12. The standard InChI is InChI=1S/C15H22ClNO3/c1-15(2,3)20-14(18)17-9-13(16)11-19-10-12-7-5-4-6-8-12/h4-8,13H,9-11H2,1-3H3,(H,17,18). The molecule has 1 unspecified atom stereocenters. The molecule has 1 aromatic carbocycles. The number of amides is 1. The van der Waals surface area contributed by atoms with Crippen LogP contribution < -0.4 is 5.32 Å². The first-order chi connectivity index (χ1) is 9.37. The van der Waals surface area contributed by atoms with Crippen molar-refractivity contribution >= 4 is 17.7 Å². The SMILES string of the molecule is CC(C)(C)OC(=O)NCC(Cl)COCc1ccccc1. The Kier molecular flexibility index (Phi) is 6.82. The van der Waals surface area contributed by atoms with Crippen molar-refractivity contribution in [1.29, 1.82) is 0 Å². The summed E-state index contributed by atoms with van der Waals surface area (Å²) in [6.07, 6.45) is -0.466. The number of benzene rings is 1. The molecule has 1 N–H and O–H groups in total. The number of ether oxygens (including phenoxy) is 2. The molecule has 1 atom stereocenters. The first-order valence-corrected chi connectivity index (χ1v) is 7.03. The quantitative estimate of drug-likeness (QED) is 0.820. The van der Waals surface area contributed by atoms with Gasteiger partial charge in [-0.25, -0.2) is 4.79 Å². The van der Waals surface area contributed by atoms with Crippen molar-refractivity contribution in [3.05, 3.63) is 35.9 Å². The molecule has 0 fully saturated rings. The summed E-state index contributed by atoms with van der Waals surface area (Å²) in [5.41, 5.74) is 0.590. The molecule has 0 heterocycles. The van der Waals surface area contributed by atoms with Crippen LogP contribution in [0.1, 0.15) is 26.3 Å². The number of carbonyl (C=O) groups excluding carboxylic acids is 1. The Morgan fingerprint density at radius 1 is 1.30 bits per heavy atom. The topological polar surface area (TPSA) is 47.6 Å². The fraction of sp³-hybridized carbons (Fsp3) is 0.533. The van der Waals surface area contributed by atoms with E-state index in [1.807, 2.05) is 51.1 Å². The Morgan fingerprint density at radius 2 is 1.95 bits per heavy atom. The third-order valence-electron chi connectivity index (χ3n) is 2.28. The van der Waals surface area contributed by atoms with Crippen LogP contribution in [0.4, 0.5) is 4.79 Å². The minimum absolute atomic E-state index is 0.286. The molecule has 0 aliphatic carbocycles. The van der Waals surface area contributed by atoms with Gasteiger partial charge in [0.1, 0.15) is 5.60 Å². The lowest BCUT2D eigenvalue weighted by Crippen LogP contribution is -2.36. The molecule has 112 valence electrons. The third kappa shape index (κ3) is 8.02. The van der Waals surface area contributed by atoms with Gasteiger partial charge in [-0.2, -0.15) is 0 Å². The summed E-state index contributed by atoms with van der Waals surface area (Å²) in [5.74, 6) is 0. The van der Waals surface area contributed by atoms with Gasteiger partial charge in [-0.3, -0.25) is 0 Å². The van der Waals surface area contributed by atoms with Crippen molar-refractivity contribution in [2.24, 2.45) is 0 Å². The number of carbonyl (C=O) groups is 1. The Balaban J connectivity index is 2.14. The molecule has 0 saturated carbocycles. The average molecular weight is 300 g/mol. The Morgan fingerprint density at radius 3 is 2.55 bits per heavy atom. The molecule has 0 aliphatic heterocycles. The number of hydrogen-bond acceptors (Lipinski definition) is 3. The van der Waals surface area contributed by atoms with E-state index in [1.165, 1.54) is 0 Å². The summed E-state index contributed by atoms with van der Waals surface area (Å²) in [4.78, 5) is 11.4. The molecule has 20 heavy (non-hydrogen) atoms. The van der Waals surface area contributed by atoms with E-state index in [0.717, 1.165) is 5.56 Å². The number of hydrogen-bond donors (Lipinski definition) is 1. The van der Waals surface area contributed by atoms with Gasteiger partial charge >= 0.3 is 6.09 Å². The lowest BCUT2D eigenvalue weighted by atomic mass is 10.2. The van der Waals surface area contributed by atoms with Crippen molar-refractivity contribution in [3.8, 4) is 0 Å². The third-order valence-corrected chi connectivity index (χ3v) is 2.56. The zero-order valence-corrected chi connectivity index (χ0v) is 12.9. The molecule has 0 aliphatic rings. The van der Waals surface area contributed by atoms with Crippen LogP contribution in [0.15, 0.2) is 30.3 Å². The maximum atomic E-state index is 11.4. The summed E-state index contributed by atoms with van der Waals surface area (Å²) < 4.78 is 10.6. The first kappa shape index (κ1) is 16.8. The highest BCUT2D eigenvalue weighted by Gasteiger charge is 2.16. The van der Waals surface area contributed by atoms with Crippen molar-refractivity contribution in [3.63, 3.8) is 0 Å². The molecular weight excluding hydrogens is 278 g/mol. The summed E-state index contributed by atoms with van der Waals surface area (Å²) in [6, 6.07) is 9.85. The fourth-order valence-corrected chi connectivity index (χ4v) is 1.61. The molecule has 1 rings (SSSR count). The van der Waals surface area contributed by atoms with Gasteiger partial charge in [-0.1, -0.05) is 30.3 Å². The number of alkyl halides is 1. The average Bonchev–Trinajstić information content (AvgIpc) is 2.36. The second-order valence-corrected chi connectivity index (χ2v) is 6.10. The van der Waals surface area contributed by atoms with Crippen LogP contribution in [-0.2, 0) is 16.1 Å². The molecule has 0 aromatic heterocycles. The van der Waals surface area contributed by atoms with Gasteiger partial charge < -0.3 is 14.8 Å². The van der Waals surface area contributed by atoms with Gasteiger partial charge in [-0.15, -0.1) is 11.6 Å². The van der Waals surface area contributed by atoms with Gasteiger partial charge in [0.05, 0.1) is 18.6 Å². The van der Waals surface area contributed by atoms with Gasteiger partial charge in [0.15, 0.2) is 0 Å². The Hall–Kier alpha value is -1.26. The number of halogens is 1. The molecular formula is C15H22ClNO3. The molecule has 0 bridgehead atoms. The summed E-state index contributed by atoms with van der Waals surface area (Å²) in [6.45, 7) is 6.63. The van der Waals surface area contributed by atoms with E-state index in [1.54, 1.807) is 0 Å². The van der Waals surface area contributed by atoms with E-state index >= 15 is 0 Å². The Bertz CT molecular complexity index is 403. The summed E-state index contributed by atoms with van der Waals surface area (Å²) in [7, 11) is 0. The van der Waals surface area contributed by atoms with Gasteiger partial charge in [-0.05, 0) is 26.3 Å². The molecule has 4 nitrogen and oxygen atoms in total. The van der Waals surface area contributed by atoms with E-state index in [-0.39, 0.29) is 5.38 Å². The lowest BCUT2D eigenvalue weighted by molar-refractivity contribution is 0.0519. The summed E-state index contributed by atoms with van der Waals surface area (Å²) in [5, 5.41) is 2.33. The highest BCUT2D eigenvalue weighted by molar-refractivity contribution is 6.21. The molecule has 0 saturated heterocycles. The lowest BCUT2D eigenvalue weighted by Gasteiger charge is -2.20. The monoisotopic (exact) mass is 299 g/mol. The number of alkyl carbamates (subject to hydrolysis) is 1. The number of rotatable bonds is 6. The minimum atomic E-state index is -0.504. The van der Waals surface area contributed by atoms with E-state index < -0.39 is 11.7 Å². The first-order valence-electron chi connectivity index (χ1n) is 6.59. The van der Waals surface area contributed by atoms with Crippen molar-refractivity contribution in [2.75, 3.05) is 13.2 Å². The van der Waals surface area contributed by atoms with Crippen LogP contribution in [-0.4, -0.2) is 30.2 Å². The highest BCUT2D eigenvalue weighted by atomic mass is 35.5.